The lowest BCUT2D eigenvalue weighted by molar-refractivity contribution is -0.139. The number of carbonyl (C=O) groups is 2. The van der Waals surface area contributed by atoms with Crippen molar-refractivity contribution >= 4 is 23.2 Å². The molecule has 0 bridgehead atoms. The molecule has 0 spiro atoms. The highest BCUT2D eigenvalue weighted by atomic mass is 32.1. The number of nitrogens with one attached hydrogen (secondary N) is 1. The summed E-state index contributed by atoms with van der Waals surface area (Å²) in [5, 5.41) is 12.1. The molecule has 19 heavy (non-hydrogen) atoms. The molecule has 0 aliphatic heterocycles. The summed E-state index contributed by atoms with van der Waals surface area (Å²) >= 11 is 1.44. The fourth-order valence-corrected chi connectivity index (χ4v) is 3.49. The molecule has 1 amide bonds. The number of hydrogen-bond donors (Lipinski definition) is 2. The molecule has 0 unspecified atom stereocenters. The van der Waals surface area contributed by atoms with Crippen molar-refractivity contribution < 1.29 is 14.7 Å². The molecule has 104 valence electrons. The lowest BCUT2D eigenvalue weighted by Gasteiger charge is -2.36. The highest BCUT2D eigenvalue weighted by Gasteiger charge is 2.36. The Morgan fingerprint density at radius 2 is 2.00 bits per heavy atom. The Morgan fingerprint density at radius 1 is 1.32 bits per heavy atom. The first kappa shape index (κ1) is 14.1. The lowest BCUT2D eigenvalue weighted by Crippen LogP contribution is -2.50. The number of thiophene rings is 1. The first-order valence-electron chi connectivity index (χ1n) is 6.62. The summed E-state index contributed by atoms with van der Waals surface area (Å²) in [7, 11) is 0. The van der Waals surface area contributed by atoms with E-state index in [1.54, 1.807) is 6.07 Å². The highest BCUT2D eigenvalue weighted by molar-refractivity contribution is 7.13. The molecule has 4 nitrogen and oxygen atoms in total. The van der Waals surface area contributed by atoms with Gasteiger partial charge in [-0.2, -0.15) is 0 Å². The van der Waals surface area contributed by atoms with Crippen LogP contribution in [0.15, 0.2) is 12.1 Å². The van der Waals surface area contributed by atoms with Crippen molar-refractivity contribution in [2.24, 2.45) is 0 Å². The average Bonchev–Trinajstić information content (AvgIpc) is 2.76. The minimum Gasteiger partial charge on any atom is -0.481 e. The zero-order valence-corrected chi connectivity index (χ0v) is 11.9. The minimum atomic E-state index is -0.843. The number of rotatable bonds is 4. The molecule has 1 aromatic heterocycles. The fraction of sp³-hybridized carbons (Fsp3) is 0.571. The van der Waals surface area contributed by atoms with E-state index in [0.717, 1.165) is 37.0 Å². The molecule has 0 aromatic carbocycles. The van der Waals surface area contributed by atoms with Gasteiger partial charge in [0.2, 0.25) is 0 Å². The summed E-state index contributed by atoms with van der Waals surface area (Å²) in [5.74, 6) is -0.981. The third-order valence-electron chi connectivity index (χ3n) is 3.64. The molecule has 1 aliphatic rings. The summed E-state index contributed by atoms with van der Waals surface area (Å²) in [6.07, 6.45) is 4.62. The van der Waals surface area contributed by atoms with Crippen molar-refractivity contribution in [1.29, 1.82) is 0 Å². The van der Waals surface area contributed by atoms with Gasteiger partial charge in [-0.3, -0.25) is 9.59 Å². The van der Waals surface area contributed by atoms with E-state index in [1.165, 1.54) is 11.3 Å². The van der Waals surface area contributed by atoms with Gasteiger partial charge in [-0.25, -0.2) is 0 Å². The standard InChI is InChI=1S/C14H19NO3S/c1-10-5-6-11(19-10)13(18)15-14(9-12(16)17)7-3-2-4-8-14/h5-6H,2-4,7-9H2,1H3,(H,15,18)(H,16,17). The lowest BCUT2D eigenvalue weighted by atomic mass is 9.79. The Balaban J connectivity index is 2.11. The van der Waals surface area contributed by atoms with Crippen molar-refractivity contribution in [3.8, 4) is 0 Å². The van der Waals surface area contributed by atoms with Crippen LogP contribution in [-0.2, 0) is 4.79 Å². The van der Waals surface area contributed by atoms with Crippen molar-refractivity contribution in [3.63, 3.8) is 0 Å². The van der Waals surface area contributed by atoms with Crippen LogP contribution in [0, 0.1) is 6.92 Å². The van der Waals surface area contributed by atoms with E-state index in [-0.39, 0.29) is 12.3 Å². The van der Waals surface area contributed by atoms with E-state index < -0.39 is 11.5 Å². The second kappa shape index (κ2) is 5.74. The quantitative estimate of drug-likeness (QED) is 0.891. The number of carboxylic acids is 1. The summed E-state index contributed by atoms with van der Waals surface area (Å²) < 4.78 is 0. The van der Waals surface area contributed by atoms with Crippen LogP contribution in [0.1, 0.15) is 53.1 Å². The average molecular weight is 281 g/mol. The Kier molecular flexibility index (Phi) is 4.24. The van der Waals surface area contributed by atoms with Gasteiger partial charge < -0.3 is 10.4 Å². The monoisotopic (exact) mass is 281 g/mol. The SMILES string of the molecule is Cc1ccc(C(=O)NC2(CC(=O)O)CCCCC2)s1. The van der Waals surface area contributed by atoms with Crippen molar-refractivity contribution in [2.45, 2.75) is 51.0 Å². The molecule has 1 saturated carbocycles. The first-order valence-corrected chi connectivity index (χ1v) is 7.43. The zero-order valence-electron chi connectivity index (χ0n) is 11.1. The third-order valence-corrected chi connectivity index (χ3v) is 4.64. The Bertz CT molecular complexity index is 475. The highest BCUT2D eigenvalue weighted by Crippen LogP contribution is 2.31. The van der Waals surface area contributed by atoms with Crippen LogP contribution in [0.3, 0.4) is 0 Å². The third kappa shape index (κ3) is 3.56. The van der Waals surface area contributed by atoms with Crippen molar-refractivity contribution in [2.75, 3.05) is 0 Å². The van der Waals surface area contributed by atoms with Gasteiger partial charge in [0.15, 0.2) is 0 Å². The maximum atomic E-state index is 12.2. The van der Waals surface area contributed by atoms with E-state index in [0.29, 0.717) is 4.88 Å². The molecule has 2 N–H and O–H groups in total. The van der Waals surface area contributed by atoms with E-state index in [9.17, 15) is 9.59 Å². The molecular weight excluding hydrogens is 262 g/mol. The summed E-state index contributed by atoms with van der Waals surface area (Å²) in [6, 6.07) is 3.71. The first-order chi connectivity index (χ1) is 9.01. The van der Waals surface area contributed by atoms with Crippen LogP contribution in [0.5, 0.6) is 0 Å². The van der Waals surface area contributed by atoms with Crippen LogP contribution < -0.4 is 5.32 Å². The predicted molar refractivity (Wildman–Crippen MR) is 74.6 cm³/mol. The van der Waals surface area contributed by atoms with Gasteiger partial charge in [0, 0.05) is 4.88 Å². The number of carboxylic acid groups (broad SMARTS) is 1. The molecule has 1 aromatic rings. The summed E-state index contributed by atoms with van der Waals surface area (Å²) in [5.41, 5.74) is -0.556. The van der Waals surface area contributed by atoms with Crippen molar-refractivity contribution in [3.05, 3.63) is 21.9 Å². The second-order valence-corrected chi connectivity index (χ2v) is 6.56. The predicted octanol–water partition coefficient (Wildman–Crippen LogP) is 2.96. The van der Waals surface area contributed by atoms with Gasteiger partial charge in [0.05, 0.1) is 16.8 Å². The van der Waals surface area contributed by atoms with Gasteiger partial charge in [0.25, 0.3) is 5.91 Å². The van der Waals surface area contributed by atoms with Crippen LogP contribution >= 0.6 is 11.3 Å². The molecule has 0 atom stereocenters. The second-order valence-electron chi connectivity index (χ2n) is 5.28. The molecule has 1 heterocycles. The molecule has 1 aliphatic carbocycles. The van der Waals surface area contributed by atoms with E-state index in [1.807, 2.05) is 13.0 Å². The van der Waals surface area contributed by atoms with Crippen LogP contribution in [0.4, 0.5) is 0 Å². The van der Waals surface area contributed by atoms with Crippen LogP contribution in [0.25, 0.3) is 0 Å². The summed E-state index contributed by atoms with van der Waals surface area (Å²) in [4.78, 5) is 25.0. The van der Waals surface area contributed by atoms with Gasteiger partial charge in [-0.15, -0.1) is 11.3 Å². The molecular formula is C14H19NO3S. The van der Waals surface area contributed by atoms with Crippen molar-refractivity contribution in [1.82, 2.24) is 5.32 Å². The van der Waals surface area contributed by atoms with Gasteiger partial charge in [-0.05, 0) is 31.9 Å². The van der Waals surface area contributed by atoms with Gasteiger partial charge in [-0.1, -0.05) is 19.3 Å². The summed E-state index contributed by atoms with van der Waals surface area (Å²) in [6.45, 7) is 1.95. The molecule has 2 rings (SSSR count). The van der Waals surface area contributed by atoms with Gasteiger partial charge >= 0.3 is 5.97 Å². The smallest absolute Gasteiger partial charge is 0.305 e. The zero-order chi connectivity index (χ0) is 13.9. The maximum absolute atomic E-state index is 12.2. The number of carbonyl (C=O) groups excluding carboxylic acids is 1. The Morgan fingerprint density at radius 3 is 2.53 bits per heavy atom. The molecule has 1 fully saturated rings. The maximum Gasteiger partial charge on any atom is 0.305 e. The van der Waals surface area contributed by atoms with E-state index >= 15 is 0 Å². The van der Waals surface area contributed by atoms with E-state index in [4.69, 9.17) is 5.11 Å². The molecule has 5 heteroatoms. The minimum absolute atomic E-state index is 0.0170. The number of aryl methyl sites for hydroxylation is 1. The molecule has 0 saturated heterocycles. The normalized spacial score (nSPS) is 17.9. The number of hydrogen-bond acceptors (Lipinski definition) is 3. The van der Waals surface area contributed by atoms with Gasteiger partial charge in [0.1, 0.15) is 0 Å². The Labute approximate surface area is 116 Å². The molecule has 0 radical (unpaired) electrons. The topological polar surface area (TPSA) is 66.4 Å². The Hall–Kier alpha value is -1.36. The number of aliphatic carboxylic acids is 1. The fourth-order valence-electron chi connectivity index (χ4n) is 2.72. The van der Waals surface area contributed by atoms with Crippen LogP contribution in [-0.4, -0.2) is 22.5 Å². The largest absolute Gasteiger partial charge is 0.481 e. The van der Waals surface area contributed by atoms with E-state index in [2.05, 4.69) is 5.32 Å². The van der Waals surface area contributed by atoms with Crippen LogP contribution in [0.2, 0.25) is 0 Å². The number of amides is 1.